The second-order valence-electron chi connectivity index (χ2n) is 7.29. The van der Waals surface area contributed by atoms with Crippen molar-refractivity contribution in [2.24, 2.45) is 0 Å². The highest BCUT2D eigenvalue weighted by Gasteiger charge is 2.25. The molecule has 1 amide bonds. The number of hydrogen-bond donors (Lipinski definition) is 2. The van der Waals surface area contributed by atoms with E-state index in [1.54, 1.807) is 0 Å². The van der Waals surface area contributed by atoms with E-state index >= 15 is 0 Å². The molecule has 0 spiro atoms. The molecular weight excluding hydrogens is 312 g/mol. The number of aromatic amines is 1. The number of nitrogens with zero attached hydrogens (tertiary/aromatic N) is 2. The minimum atomic E-state index is 0.156. The first-order valence-corrected chi connectivity index (χ1v) is 9.38. The van der Waals surface area contributed by atoms with Crippen molar-refractivity contribution in [3.05, 3.63) is 53.3 Å². The average Bonchev–Trinajstić information content (AvgIpc) is 3.17. The third kappa shape index (κ3) is 3.76. The summed E-state index contributed by atoms with van der Waals surface area (Å²) >= 11 is 0. The van der Waals surface area contributed by atoms with E-state index in [0.717, 1.165) is 45.2 Å². The zero-order chi connectivity index (χ0) is 17.1. The SMILES string of the molecule is O=C(CN1CCC(c2cn[nH]c2)CC1)N[C@@H]1CCCc2ccccc21. The van der Waals surface area contributed by atoms with Gasteiger partial charge in [-0.25, -0.2) is 0 Å². The summed E-state index contributed by atoms with van der Waals surface area (Å²) in [6.45, 7) is 2.46. The van der Waals surface area contributed by atoms with Crippen molar-refractivity contribution in [2.45, 2.75) is 44.1 Å². The van der Waals surface area contributed by atoms with Gasteiger partial charge in [0.1, 0.15) is 0 Å². The van der Waals surface area contributed by atoms with Gasteiger partial charge in [-0.3, -0.25) is 14.8 Å². The van der Waals surface area contributed by atoms with Gasteiger partial charge in [0.05, 0.1) is 18.8 Å². The molecule has 1 aliphatic carbocycles. The molecule has 4 rings (SSSR count). The quantitative estimate of drug-likeness (QED) is 0.901. The monoisotopic (exact) mass is 338 g/mol. The Morgan fingerprint density at radius 3 is 2.88 bits per heavy atom. The number of H-pyrrole nitrogens is 1. The molecule has 1 atom stereocenters. The third-order valence-electron chi connectivity index (χ3n) is 5.65. The van der Waals surface area contributed by atoms with Gasteiger partial charge in [0.2, 0.25) is 5.91 Å². The van der Waals surface area contributed by atoms with Crippen LogP contribution in [-0.2, 0) is 11.2 Å². The van der Waals surface area contributed by atoms with E-state index in [4.69, 9.17) is 0 Å². The van der Waals surface area contributed by atoms with Crippen LogP contribution in [0.15, 0.2) is 36.7 Å². The molecule has 2 aliphatic rings. The fraction of sp³-hybridized carbons (Fsp3) is 0.500. The van der Waals surface area contributed by atoms with Crippen molar-refractivity contribution in [1.82, 2.24) is 20.4 Å². The number of amides is 1. The van der Waals surface area contributed by atoms with Gasteiger partial charge >= 0.3 is 0 Å². The summed E-state index contributed by atoms with van der Waals surface area (Å²) in [5.74, 6) is 0.728. The number of piperidine rings is 1. The number of hydrogen-bond acceptors (Lipinski definition) is 3. The fourth-order valence-corrected chi connectivity index (χ4v) is 4.26. The number of fused-ring (bicyclic) bond motifs is 1. The summed E-state index contributed by atoms with van der Waals surface area (Å²) in [4.78, 5) is 14.8. The number of aromatic nitrogens is 2. The van der Waals surface area contributed by atoms with E-state index in [1.807, 2.05) is 12.4 Å². The van der Waals surface area contributed by atoms with E-state index < -0.39 is 0 Å². The average molecular weight is 338 g/mol. The molecule has 0 radical (unpaired) electrons. The van der Waals surface area contributed by atoms with E-state index in [2.05, 4.69) is 44.7 Å². The van der Waals surface area contributed by atoms with Crippen molar-refractivity contribution in [3.8, 4) is 0 Å². The highest BCUT2D eigenvalue weighted by molar-refractivity contribution is 5.78. The van der Waals surface area contributed by atoms with Crippen LogP contribution >= 0.6 is 0 Å². The lowest BCUT2D eigenvalue weighted by molar-refractivity contribution is -0.123. The van der Waals surface area contributed by atoms with Gasteiger partial charge in [0.25, 0.3) is 0 Å². The maximum Gasteiger partial charge on any atom is 0.234 e. The van der Waals surface area contributed by atoms with Gasteiger partial charge in [0.15, 0.2) is 0 Å². The Balaban J connectivity index is 1.29. The number of nitrogens with one attached hydrogen (secondary N) is 2. The van der Waals surface area contributed by atoms with Crippen molar-refractivity contribution in [2.75, 3.05) is 19.6 Å². The topological polar surface area (TPSA) is 61.0 Å². The standard InChI is InChI=1S/C20H26N4O/c25-20(23-19-7-3-5-16-4-1-2-6-18(16)19)14-24-10-8-15(9-11-24)17-12-21-22-13-17/h1-2,4,6,12-13,15,19H,3,5,7-11,14H2,(H,21,22)(H,23,25)/t19-/m1/s1. The van der Waals surface area contributed by atoms with Gasteiger partial charge in [0, 0.05) is 6.20 Å². The fourth-order valence-electron chi connectivity index (χ4n) is 4.26. The van der Waals surface area contributed by atoms with Crippen molar-refractivity contribution in [1.29, 1.82) is 0 Å². The molecule has 1 aromatic heterocycles. The van der Waals surface area contributed by atoms with Gasteiger partial charge < -0.3 is 5.32 Å². The zero-order valence-electron chi connectivity index (χ0n) is 14.6. The van der Waals surface area contributed by atoms with Crippen LogP contribution in [0.2, 0.25) is 0 Å². The summed E-state index contributed by atoms with van der Waals surface area (Å²) in [5, 5.41) is 10.2. The van der Waals surface area contributed by atoms with Crippen molar-refractivity contribution < 1.29 is 4.79 Å². The highest BCUT2D eigenvalue weighted by atomic mass is 16.2. The number of carbonyl (C=O) groups excluding carboxylic acids is 1. The van der Waals surface area contributed by atoms with E-state index in [0.29, 0.717) is 12.5 Å². The number of likely N-dealkylation sites (tertiary alicyclic amines) is 1. The minimum Gasteiger partial charge on any atom is -0.348 e. The maximum absolute atomic E-state index is 12.5. The van der Waals surface area contributed by atoms with Gasteiger partial charge in [-0.1, -0.05) is 24.3 Å². The highest BCUT2D eigenvalue weighted by Crippen LogP contribution is 2.30. The van der Waals surface area contributed by atoms with Crippen LogP contribution < -0.4 is 5.32 Å². The number of benzene rings is 1. The lowest BCUT2D eigenvalue weighted by Crippen LogP contribution is -2.42. The van der Waals surface area contributed by atoms with Gasteiger partial charge in [-0.05, 0) is 67.8 Å². The minimum absolute atomic E-state index is 0.156. The molecule has 25 heavy (non-hydrogen) atoms. The zero-order valence-corrected chi connectivity index (χ0v) is 14.6. The molecule has 1 saturated heterocycles. The lowest BCUT2D eigenvalue weighted by Gasteiger charge is -2.32. The van der Waals surface area contributed by atoms with Crippen LogP contribution in [0, 0.1) is 0 Å². The first-order chi connectivity index (χ1) is 12.3. The Morgan fingerprint density at radius 1 is 1.24 bits per heavy atom. The van der Waals surface area contributed by atoms with Crippen molar-refractivity contribution >= 4 is 5.91 Å². The Kier molecular flexibility index (Phi) is 4.83. The molecule has 1 fully saturated rings. The Labute approximate surface area is 148 Å². The summed E-state index contributed by atoms with van der Waals surface area (Å²) in [6.07, 6.45) is 9.44. The third-order valence-corrected chi connectivity index (χ3v) is 5.65. The Hall–Kier alpha value is -2.14. The summed E-state index contributed by atoms with van der Waals surface area (Å²) < 4.78 is 0. The summed E-state index contributed by atoms with van der Waals surface area (Å²) in [6, 6.07) is 8.70. The molecular formula is C20H26N4O. The first kappa shape index (κ1) is 16.3. The van der Waals surface area contributed by atoms with Gasteiger partial charge in [-0.2, -0.15) is 5.10 Å². The number of rotatable bonds is 4. The van der Waals surface area contributed by atoms with Crippen LogP contribution in [0.1, 0.15) is 54.3 Å². The molecule has 1 aromatic carbocycles. The molecule has 2 aromatic rings. The number of aryl methyl sites for hydroxylation is 1. The normalized spacial score (nSPS) is 21.7. The molecule has 2 N–H and O–H groups in total. The molecule has 132 valence electrons. The Bertz CT molecular complexity index is 704. The van der Waals surface area contributed by atoms with Crippen LogP contribution in [0.4, 0.5) is 0 Å². The van der Waals surface area contributed by atoms with E-state index in [9.17, 15) is 4.79 Å². The van der Waals surface area contributed by atoms with E-state index in [-0.39, 0.29) is 11.9 Å². The van der Waals surface area contributed by atoms with Gasteiger partial charge in [-0.15, -0.1) is 0 Å². The predicted molar refractivity (Wildman–Crippen MR) is 97.3 cm³/mol. The van der Waals surface area contributed by atoms with Crippen LogP contribution in [0.5, 0.6) is 0 Å². The first-order valence-electron chi connectivity index (χ1n) is 9.38. The molecule has 0 bridgehead atoms. The largest absolute Gasteiger partial charge is 0.348 e. The molecule has 2 heterocycles. The Morgan fingerprint density at radius 2 is 2.08 bits per heavy atom. The van der Waals surface area contributed by atoms with Crippen LogP contribution in [-0.4, -0.2) is 40.6 Å². The lowest BCUT2D eigenvalue weighted by atomic mass is 9.87. The molecule has 0 unspecified atom stereocenters. The summed E-state index contributed by atoms with van der Waals surface area (Å²) in [7, 11) is 0. The molecule has 5 nitrogen and oxygen atoms in total. The van der Waals surface area contributed by atoms with E-state index in [1.165, 1.54) is 16.7 Å². The molecule has 1 aliphatic heterocycles. The van der Waals surface area contributed by atoms with Crippen molar-refractivity contribution in [3.63, 3.8) is 0 Å². The maximum atomic E-state index is 12.5. The van der Waals surface area contributed by atoms with Crippen LogP contribution in [0.25, 0.3) is 0 Å². The second-order valence-corrected chi connectivity index (χ2v) is 7.29. The summed E-state index contributed by atoms with van der Waals surface area (Å²) in [5.41, 5.74) is 3.99. The van der Waals surface area contributed by atoms with Crippen LogP contribution in [0.3, 0.4) is 0 Å². The molecule has 5 heteroatoms. The molecule has 0 saturated carbocycles. The smallest absolute Gasteiger partial charge is 0.234 e. The second kappa shape index (κ2) is 7.40. The number of carbonyl (C=O) groups is 1. The predicted octanol–water partition coefficient (Wildman–Crippen LogP) is 2.78.